The maximum atomic E-state index is 5.48. The van der Waals surface area contributed by atoms with Crippen LogP contribution in [0.2, 0.25) is 0 Å². The van der Waals surface area contributed by atoms with Crippen LogP contribution in [-0.2, 0) is 6.54 Å². The van der Waals surface area contributed by atoms with E-state index in [1.54, 1.807) is 7.11 Å². The quantitative estimate of drug-likeness (QED) is 0.871. The van der Waals surface area contributed by atoms with Gasteiger partial charge in [-0.1, -0.05) is 6.07 Å². The summed E-state index contributed by atoms with van der Waals surface area (Å²) in [6.07, 6.45) is 2.62. The summed E-state index contributed by atoms with van der Waals surface area (Å²) >= 11 is 0. The molecule has 0 amide bonds. The smallest absolute Gasteiger partial charge is 0.141 e. The Balaban J connectivity index is 1.99. The molecule has 1 saturated heterocycles. The highest BCUT2D eigenvalue weighted by molar-refractivity contribution is 5.58. The molecule has 1 N–H and O–H groups in total. The van der Waals surface area contributed by atoms with E-state index in [0.717, 1.165) is 30.4 Å². The fourth-order valence-corrected chi connectivity index (χ4v) is 3.05. The zero-order chi connectivity index (χ0) is 15.2. The highest BCUT2D eigenvalue weighted by atomic mass is 16.5. The zero-order valence-electron chi connectivity index (χ0n) is 13.9. The summed E-state index contributed by atoms with van der Waals surface area (Å²) in [5.41, 5.74) is 2.43. The summed E-state index contributed by atoms with van der Waals surface area (Å²) in [7, 11) is 8.13. The van der Waals surface area contributed by atoms with Crippen molar-refractivity contribution < 1.29 is 4.74 Å². The van der Waals surface area contributed by atoms with Crippen molar-refractivity contribution in [1.82, 2.24) is 9.80 Å². The third-order valence-electron chi connectivity index (χ3n) is 4.07. The van der Waals surface area contributed by atoms with Gasteiger partial charge in [0, 0.05) is 19.6 Å². The Labute approximate surface area is 129 Å². The van der Waals surface area contributed by atoms with Crippen molar-refractivity contribution in [3.05, 3.63) is 23.8 Å². The standard InChI is InChI=1S/C17H29N3O/c1-19(2)12-14-7-8-17(21-4)16(10-14)18-11-15-6-5-9-20(3)13-15/h7-8,10,15,18H,5-6,9,11-13H2,1-4H3. The van der Waals surface area contributed by atoms with Crippen molar-refractivity contribution in [3.8, 4) is 5.75 Å². The maximum absolute atomic E-state index is 5.48. The Kier molecular flexibility index (Phi) is 5.88. The molecule has 1 aromatic carbocycles. The average Bonchev–Trinajstić information content (AvgIpc) is 2.45. The van der Waals surface area contributed by atoms with E-state index in [0.29, 0.717) is 0 Å². The predicted octanol–water partition coefficient (Wildman–Crippen LogP) is 2.51. The van der Waals surface area contributed by atoms with Crippen LogP contribution in [0.1, 0.15) is 18.4 Å². The highest BCUT2D eigenvalue weighted by Crippen LogP contribution is 2.27. The number of rotatable bonds is 6. The lowest BCUT2D eigenvalue weighted by Gasteiger charge is -2.30. The maximum Gasteiger partial charge on any atom is 0.141 e. The average molecular weight is 291 g/mol. The molecule has 118 valence electrons. The first-order chi connectivity index (χ1) is 10.1. The van der Waals surface area contributed by atoms with Gasteiger partial charge in [-0.25, -0.2) is 0 Å². The van der Waals surface area contributed by atoms with Gasteiger partial charge in [-0.05, 0) is 64.1 Å². The van der Waals surface area contributed by atoms with Gasteiger partial charge < -0.3 is 19.9 Å². The van der Waals surface area contributed by atoms with Crippen molar-refractivity contribution >= 4 is 5.69 Å². The van der Waals surface area contributed by atoms with E-state index in [1.807, 2.05) is 0 Å². The van der Waals surface area contributed by atoms with Crippen LogP contribution in [0.3, 0.4) is 0 Å². The van der Waals surface area contributed by atoms with E-state index in [-0.39, 0.29) is 0 Å². The molecule has 1 fully saturated rings. The van der Waals surface area contributed by atoms with Crippen LogP contribution in [-0.4, -0.2) is 57.7 Å². The lowest BCUT2D eigenvalue weighted by molar-refractivity contribution is 0.217. The molecule has 0 aromatic heterocycles. The number of methoxy groups -OCH3 is 1. The van der Waals surface area contributed by atoms with Gasteiger partial charge in [-0.15, -0.1) is 0 Å². The van der Waals surface area contributed by atoms with Crippen molar-refractivity contribution in [3.63, 3.8) is 0 Å². The molecule has 0 saturated carbocycles. The van der Waals surface area contributed by atoms with E-state index in [4.69, 9.17) is 4.74 Å². The largest absolute Gasteiger partial charge is 0.495 e. The number of nitrogens with zero attached hydrogens (tertiary/aromatic N) is 2. The summed E-state index contributed by atoms with van der Waals surface area (Å²) < 4.78 is 5.48. The number of hydrogen-bond donors (Lipinski definition) is 1. The van der Waals surface area contributed by atoms with Gasteiger partial charge in [0.2, 0.25) is 0 Å². The number of benzene rings is 1. The SMILES string of the molecule is COc1ccc(CN(C)C)cc1NCC1CCCN(C)C1. The first-order valence-corrected chi connectivity index (χ1v) is 7.82. The van der Waals surface area contributed by atoms with Crippen LogP contribution >= 0.6 is 0 Å². The van der Waals surface area contributed by atoms with E-state index in [9.17, 15) is 0 Å². The Hall–Kier alpha value is -1.26. The Morgan fingerprint density at radius 3 is 2.86 bits per heavy atom. The summed E-state index contributed by atoms with van der Waals surface area (Å²) in [5.74, 6) is 1.66. The van der Waals surface area contributed by atoms with Gasteiger partial charge in [0.1, 0.15) is 5.75 Å². The lowest BCUT2D eigenvalue weighted by Crippen LogP contribution is -2.35. The fourth-order valence-electron chi connectivity index (χ4n) is 3.05. The molecule has 1 unspecified atom stereocenters. The van der Waals surface area contributed by atoms with Crippen molar-refractivity contribution in [2.75, 3.05) is 53.2 Å². The number of nitrogens with one attached hydrogen (secondary N) is 1. The number of hydrogen-bond acceptors (Lipinski definition) is 4. The molecule has 21 heavy (non-hydrogen) atoms. The van der Waals surface area contributed by atoms with Crippen LogP contribution in [0, 0.1) is 5.92 Å². The monoisotopic (exact) mass is 291 g/mol. The van der Waals surface area contributed by atoms with Crippen LogP contribution in [0.5, 0.6) is 5.75 Å². The molecule has 4 heteroatoms. The highest BCUT2D eigenvalue weighted by Gasteiger charge is 2.17. The van der Waals surface area contributed by atoms with Gasteiger partial charge in [-0.2, -0.15) is 0 Å². The van der Waals surface area contributed by atoms with Gasteiger partial charge in [0.15, 0.2) is 0 Å². The van der Waals surface area contributed by atoms with Gasteiger partial charge in [-0.3, -0.25) is 0 Å². The minimum absolute atomic E-state index is 0.728. The molecule has 0 spiro atoms. The van der Waals surface area contributed by atoms with Crippen LogP contribution in [0.4, 0.5) is 5.69 Å². The van der Waals surface area contributed by atoms with Gasteiger partial charge in [0.05, 0.1) is 12.8 Å². The van der Waals surface area contributed by atoms with Crippen LogP contribution < -0.4 is 10.1 Å². The van der Waals surface area contributed by atoms with E-state index < -0.39 is 0 Å². The molecule has 1 aliphatic heterocycles. The van der Waals surface area contributed by atoms with Crippen LogP contribution in [0.15, 0.2) is 18.2 Å². The molecule has 1 aromatic rings. The normalized spacial score (nSPS) is 19.8. The topological polar surface area (TPSA) is 27.7 Å². The molecule has 4 nitrogen and oxygen atoms in total. The predicted molar refractivity (Wildman–Crippen MR) is 89.1 cm³/mol. The zero-order valence-corrected chi connectivity index (χ0v) is 13.9. The van der Waals surface area contributed by atoms with Gasteiger partial charge >= 0.3 is 0 Å². The van der Waals surface area contributed by atoms with Crippen molar-refractivity contribution in [1.29, 1.82) is 0 Å². The second kappa shape index (κ2) is 7.66. The number of likely N-dealkylation sites (tertiary alicyclic amines) is 1. The summed E-state index contributed by atoms with van der Waals surface area (Å²) in [4.78, 5) is 4.61. The molecule has 1 aliphatic rings. The number of ether oxygens (including phenoxy) is 1. The molecule has 1 heterocycles. The third-order valence-corrected chi connectivity index (χ3v) is 4.07. The first kappa shape index (κ1) is 16.1. The second-order valence-electron chi connectivity index (χ2n) is 6.42. The third kappa shape index (κ3) is 4.90. The number of anilines is 1. The first-order valence-electron chi connectivity index (χ1n) is 7.82. The molecular formula is C17H29N3O. The lowest BCUT2D eigenvalue weighted by atomic mass is 9.98. The molecule has 0 bridgehead atoms. The summed E-state index contributed by atoms with van der Waals surface area (Å²) in [6, 6.07) is 6.41. The molecule has 0 radical (unpaired) electrons. The Morgan fingerprint density at radius 2 is 2.19 bits per heavy atom. The van der Waals surface area contributed by atoms with E-state index in [2.05, 4.69) is 54.5 Å². The minimum atomic E-state index is 0.728. The molecule has 1 atom stereocenters. The van der Waals surface area contributed by atoms with Crippen molar-refractivity contribution in [2.45, 2.75) is 19.4 Å². The fraction of sp³-hybridized carbons (Fsp3) is 0.647. The van der Waals surface area contributed by atoms with Crippen molar-refractivity contribution in [2.24, 2.45) is 5.92 Å². The molecule has 0 aliphatic carbocycles. The Morgan fingerprint density at radius 1 is 1.38 bits per heavy atom. The summed E-state index contributed by atoms with van der Waals surface area (Å²) in [6.45, 7) is 4.39. The number of piperidine rings is 1. The van der Waals surface area contributed by atoms with E-state index >= 15 is 0 Å². The van der Waals surface area contributed by atoms with Crippen LogP contribution in [0.25, 0.3) is 0 Å². The Bertz CT molecular complexity index is 448. The summed E-state index contributed by atoms with van der Waals surface area (Å²) in [5, 5.41) is 3.60. The molecule has 2 rings (SSSR count). The van der Waals surface area contributed by atoms with E-state index in [1.165, 1.54) is 31.5 Å². The minimum Gasteiger partial charge on any atom is -0.495 e. The second-order valence-corrected chi connectivity index (χ2v) is 6.42. The molecular weight excluding hydrogens is 262 g/mol. The van der Waals surface area contributed by atoms with Gasteiger partial charge in [0.25, 0.3) is 0 Å².